The van der Waals surface area contributed by atoms with Crippen LogP contribution in [0.3, 0.4) is 0 Å². The summed E-state index contributed by atoms with van der Waals surface area (Å²) in [5.74, 6) is 0.00871. The zero-order chi connectivity index (χ0) is 21.2. The predicted molar refractivity (Wildman–Crippen MR) is 118 cm³/mol. The third-order valence-corrected chi connectivity index (χ3v) is 7.09. The molecule has 1 aliphatic carbocycles. The number of imidazole rings is 1. The van der Waals surface area contributed by atoms with Crippen molar-refractivity contribution in [1.29, 1.82) is 0 Å². The van der Waals surface area contributed by atoms with Crippen LogP contribution in [0.25, 0.3) is 0 Å². The first-order valence-corrected chi connectivity index (χ1v) is 12.8. The van der Waals surface area contributed by atoms with E-state index in [2.05, 4.69) is 16.2 Å². The second kappa shape index (κ2) is 8.92. The average molecular weight is 436 g/mol. The molecule has 1 unspecified atom stereocenters. The van der Waals surface area contributed by atoms with Crippen molar-refractivity contribution in [2.75, 3.05) is 11.0 Å². The smallest absolute Gasteiger partial charge is 0.229 e. The molecule has 0 aliphatic heterocycles. The second-order valence-corrected chi connectivity index (χ2v) is 10.9. The lowest BCUT2D eigenvalue weighted by Crippen LogP contribution is -2.18. The zero-order valence-electron chi connectivity index (χ0n) is 17.4. The normalized spacial score (nSPS) is 16.6. The molecule has 3 rings (SSSR count). The van der Waals surface area contributed by atoms with Gasteiger partial charge in [-0.15, -0.1) is 0 Å². The minimum Gasteiger partial charge on any atom is -0.320 e. The Morgan fingerprint density at radius 2 is 1.79 bits per heavy atom. The fourth-order valence-electron chi connectivity index (χ4n) is 3.81. The number of benzene rings is 1. The number of hydrogen-bond acceptors (Lipinski definition) is 5. The van der Waals surface area contributed by atoms with Gasteiger partial charge in [0.25, 0.3) is 0 Å². The van der Waals surface area contributed by atoms with E-state index < -0.39 is 10.0 Å². The van der Waals surface area contributed by atoms with Gasteiger partial charge < -0.3 is 4.57 Å². The Labute approximate surface area is 177 Å². The first-order valence-electron chi connectivity index (χ1n) is 10.00. The van der Waals surface area contributed by atoms with Crippen molar-refractivity contribution in [3.8, 4) is 0 Å². The maximum Gasteiger partial charge on any atom is 0.229 e. The highest BCUT2D eigenvalue weighted by Gasteiger charge is 2.25. The first kappa shape index (κ1) is 21.9. The Hall–Kier alpha value is -1.80. The van der Waals surface area contributed by atoms with Crippen molar-refractivity contribution in [2.45, 2.75) is 69.3 Å². The van der Waals surface area contributed by atoms with Crippen LogP contribution in [0.5, 0.6) is 0 Å². The summed E-state index contributed by atoms with van der Waals surface area (Å²) in [7, 11) is -3.33. The molecule has 0 spiro atoms. The Balaban J connectivity index is 1.75. The Kier molecular flexibility index (Phi) is 6.73. The number of Topliss-reactive ketones (excluding diaryl/α,β-unsaturated/α-hetero) is 1. The largest absolute Gasteiger partial charge is 0.320 e. The fourth-order valence-corrected chi connectivity index (χ4v) is 5.52. The summed E-state index contributed by atoms with van der Waals surface area (Å²) in [4.78, 5) is 17.7. The molecule has 1 atom stereocenters. The lowest BCUT2D eigenvalue weighted by atomic mass is 9.95. The van der Waals surface area contributed by atoms with Gasteiger partial charge >= 0.3 is 0 Å². The molecule has 158 valence electrons. The molecule has 1 aromatic carbocycles. The number of aryl methyl sites for hydroxylation is 1. The molecule has 0 bridgehead atoms. The van der Waals surface area contributed by atoms with Gasteiger partial charge in [-0.2, -0.15) is 0 Å². The van der Waals surface area contributed by atoms with E-state index in [4.69, 9.17) is 4.98 Å². The van der Waals surface area contributed by atoms with Gasteiger partial charge in [0.15, 0.2) is 10.9 Å². The van der Waals surface area contributed by atoms with Gasteiger partial charge in [0.05, 0.1) is 17.2 Å². The van der Waals surface area contributed by atoms with E-state index >= 15 is 0 Å². The van der Waals surface area contributed by atoms with Crippen LogP contribution >= 0.6 is 11.8 Å². The second-order valence-electron chi connectivity index (χ2n) is 7.80. The molecule has 1 fully saturated rings. The molecule has 0 radical (unpaired) electrons. The lowest BCUT2D eigenvalue weighted by Gasteiger charge is -2.26. The van der Waals surface area contributed by atoms with Gasteiger partial charge in [0.1, 0.15) is 0 Å². The van der Waals surface area contributed by atoms with Gasteiger partial charge in [-0.05, 0) is 57.9 Å². The van der Waals surface area contributed by atoms with Crippen molar-refractivity contribution < 1.29 is 13.2 Å². The Morgan fingerprint density at radius 3 is 2.38 bits per heavy atom. The summed E-state index contributed by atoms with van der Waals surface area (Å²) in [6.07, 6.45) is 7.22. The molecule has 1 aromatic heterocycles. The number of rotatable bonds is 7. The molecule has 1 aliphatic rings. The predicted octanol–water partition coefficient (Wildman–Crippen LogP) is 4.74. The number of carbonyl (C=O) groups excluding carboxylic acids is 1. The molecule has 2 aromatic rings. The van der Waals surface area contributed by atoms with Gasteiger partial charge in [-0.1, -0.05) is 31.0 Å². The van der Waals surface area contributed by atoms with E-state index in [1.165, 1.54) is 49.6 Å². The van der Waals surface area contributed by atoms with Crippen LogP contribution in [-0.4, -0.2) is 35.3 Å². The summed E-state index contributed by atoms with van der Waals surface area (Å²) >= 11 is 1.51. The quantitative estimate of drug-likeness (QED) is 0.502. The SMILES string of the molecule is Cc1nc(SC(C)C(=O)c2ccc(NS(C)(=O)=O)cc2)n(C2CCCCC2)c1C. The topological polar surface area (TPSA) is 81.1 Å². The minimum atomic E-state index is -3.33. The van der Waals surface area contributed by atoms with E-state index in [-0.39, 0.29) is 11.0 Å². The van der Waals surface area contributed by atoms with Crippen LogP contribution in [0.15, 0.2) is 29.4 Å². The third-order valence-electron chi connectivity index (χ3n) is 5.42. The van der Waals surface area contributed by atoms with Crippen molar-refractivity contribution in [3.63, 3.8) is 0 Å². The summed E-state index contributed by atoms with van der Waals surface area (Å²) in [6.45, 7) is 6.04. The van der Waals surface area contributed by atoms with Gasteiger partial charge in [-0.3, -0.25) is 9.52 Å². The van der Waals surface area contributed by atoms with Gasteiger partial charge in [-0.25, -0.2) is 13.4 Å². The van der Waals surface area contributed by atoms with E-state index in [0.717, 1.165) is 17.1 Å². The maximum absolute atomic E-state index is 12.9. The number of anilines is 1. The number of thioether (sulfide) groups is 1. The monoisotopic (exact) mass is 435 g/mol. The molecule has 6 nitrogen and oxygen atoms in total. The number of aromatic nitrogens is 2. The molecule has 0 amide bonds. The summed E-state index contributed by atoms with van der Waals surface area (Å²) in [5.41, 5.74) is 3.22. The van der Waals surface area contributed by atoms with Crippen molar-refractivity contribution >= 4 is 33.3 Å². The number of nitrogens with zero attached hydrogens (tertiary/aromatic N) is 2. The first-order chi connectivity index (χ1) is 13.7. The molecule has 8 heteroatoms. The molecule has 0 saturated heterocycles. The molecular formula is C21H29N3O3S2. The number of hydrogen-bond donors (Lipinski definition) is 1. The molecule has 1 heterocycles. The third kappa shape index (κ3) is 5.42. The average Bonchev–Trinajstić information content (AvgIpc) is 2.94. The molecule has 1 N–H and O–H groups in total. The van der Waals surface area contributed by atoms with E-state index in [1.807, 2.05) is 13.8 Å². The zero-order valence-corrected chi connectivity index (χ0v) is 19.1. The number of carbonyl (C=O) groups is 1. The van der Waals surface area contributed by atoms with Crippen LogP contribution in [0.1, 0.15) is 66.8 Å². The molecular weight excluding hydrogens is 406 g/mol. The lowest BCUT2D eigenvalue weighted by molar-refractivity contribution is 0.0993. The highest BCUT2D eigenvalue weighted by atomic mass is 32.2. The standard InChI is InChI=1S/C21H29N3O3S2/c1-14-15(2)24(19-8-6-5-7-9-19)21(22-14)28-16(3)20(25)17-10-12-18(13-11-17)23-29(4,26)27/h10-13,16,19,23H,5-9H2,1-4H3. The van der Waals surface area contributed by atoms with Crippen molar-refractivity contribution in [3.05, 3.63) is 41.2 Å². The van der Waals surface area contributed by atoms with Crippen LogP contribution < -0.4 is 4.72 Å². The Morgan fingerprint density at radius 1 is 1.17 bits per heavy atom. The van der Waals surface area contributed by atoms with Crippen molar-refractivity contribution in [2.24, 2.45) is 0 Å². The van der Waals surface area contributed by atoms with E-state index in [1.54, 1.807) is 24.3 Å². The van der Waals surface area contributed by atoms with E-state index in [0.29, 0.717) is 17.3 Å². The number of nitrogens with one attached hydrogen (secondary N) is 1. The summed E-state index contributed by atoms with van der Waals surface area (Å²) in [5, 5.41) is 0.635. The van der Waals surface area contributed by atoms with Crippen LogP contribution in [0, 0.1) is 13.8 Å². The highest BCUT2D eigenvalue weighted by molar-refractivity contribution is 8.00. The minimum absolute atomic E-state index is 0.00871. The summed E-state index contributed by atoms with van der Waals surface area (Å²) in [6, 6.07) is 7.02. The van der Waals surface area contributed by atoms with Crippen LogP contribution in [-0.2, 0) is 10.0 Å². The van der Waals surface area contributed by atoms with Crippen molar-refractivity contribution in [1.82, 2.24) is 9.55 Å². The van der Waals surface area contributed by atoms with Gasteiger partial charge in [0, 0.05) is 23.0 Å². The van der Waals surface area contributed by atoms with Gasteiger partial charge in [0.2, 0.25) is 10.0 Å². The van der Waals surface area contributed by atoms with Crippen LogP contribution in [0.2, 0.25) is 0 Å². The highest BCUT2D eigenvalue weighted by Crippen LogP contribution is 2.36. The molecule has 29 heavy (non-hydrogen) atoms. The van der Waals surface area contributed by atoms with E-state index in [9.17, 15) is 13.2 Å². The van der Waals surface area contributed by atoms with Crippen LogP contribution in [0.4, 0.5) is 5.69 Å². The maximum atomic E-state index is 12.9. The molecule has 1 saturated carbocycles. The fraction of sp³-hybridized carbons (Fsp3) is 0.524. The number of sulfonamides is 1. The Bertz CT molecular complexity index is 975. The summed E-state index contributed by atoms with van der Waals surface area (Å²) < 4.78 is 27.4. The number of ketones is 1.